The van der Waals surface area contributed by atoms with Crippen LogP contribution in [-0.4, -0.2) is 5.91 Å². The smallest absolute Gasteiger partial charge is 0.223 e. The minimum atomic E-state index is 0.219. The van der Waals surface area contributed by atoms with Crippen LogP contribution in [0.25, 0.3) is 0 Å². The topological polar surface area (TPSA) is 41.1 Å². The predicted molar refractivity (Wildman–Crippen MR) is 94.6 cm³/mol. The van der Waals surface area contributed by atoms with Gasteiger partial charge in [0.2, 0.25) is 5.91 Å². The summed E-state index contributed by atoms with van der Waals surface area (Å²) < 4.78 is 0. The lowest BCUT2D eigenvalue weighted by molar-refractivity contribution is -0.126. The number of hydrogen-bond acceptors (Lipinski definition) is 2. The van der Waals surface area contributed by atoms with Crippen LogP contribution in [0.4, 0.5) is 11.4 Å². The molecule has 2 N–H and O–H groups in total. The molecule has 0 saturated heterocycles. The van der Waals surface area contributed by atoms with Gasteiger partial charge in [0.15, 0.2) is 0 Å². The molecule has 2 aromatic rings. The van der Waals surface area contributed by atoms with Crippen LogP contribution in [-0.2, 0) is 11.3 Å². The largest absolute Gasteiger partial charge is 0.356 e. The van der Waals surface area contributed by atoms with E-state index in [0.717, 1.165) is 29.8 Å². The third-order valence-corrected chi connectivity index (χ3v) is 4.46. The van der Waals surface area contributed by atoms with Crippen molar-refractivity contribution in [2.45, 2.75) is 38.6 Å². The van der Waals surface area contributed by atoms with Crippen molar-refractivity contribution in [1.29, 1.82) is 0 Å². The van der Waals surface area contributed by atoms with Gasteiger partial charge in [-0.3, -0.25) is 4.79 Å². The molecule has 0 bridgehead atoms. The van der Waals surface area contributed by atoms with Gasteiger partial charge >= 0.3 is 0 Å². The molecule has 1 fully saturated rings. The van der Waals surface area contributed by atoms with Crippen LogP contribution >= 0.6 is 0 Å². The van der Waals surface area contributed by atoms with Crippen molar-refractivity contribution in [2.24, 2.45) is 5.92 Å². The molecular formula is C20H24N2O. The molecule has 2 aromatic carbocycles. The minimum Gasteiger partial charge on any atom is -0.356 e. The van der Waals surface area contributed by atoms with Crippen molar-refractivity contribution >= 4 is 17.3 Å². The molecule has 0 aromatic heterocycles. The molecule has 23 heavy (non-hydrogen) atoms. The number of amides is 1. The van der Waals surface area contributed by atoms with E-state index < -0.39 is 0 Å². The second-order valence-electron chi connectivity index (χ2n) is 6.24. The van der Waals surface area contributed by atoms with Crippen LogP contribution in [0.15, 0.2) is 54.6 Å². The van der Waals surface area contributed by atoms with Gasteiger partial charge in [-0.05, 0) is 42.7 Å². The van der Waals surface area contributed by atoms with E-state index in [4.69, 9.17) is 0 Å². The Balaban J connectivity index is 1.50. The summed E-state index contributed by atoms with van der Waals surface area (Å²) in [4.78, 5) is 12.2. The maximum Gasteiger partial charge on any atom is 0.223 e. The van der Waals surface area contributed by atoms with E-state index in [0.29, 0.717) is 6.54 Å². The fraction of sp³-hybridized carbons (Fsp3) is 0.350. The second kappa shape index (κ2) is 7.82. The number of hydrogen-bond donors (Lipinski definition) is 2. The summed E-state index contributed by atoms with van der Waals surface area (Å²) in [5.74, 6) is 0.443. The molecule has 3 rings (SSSR count). The number of rotatable bonds is 5. The summed E-state index contributed by atoms with van der Waals surface area (Å²) in [6, 6.07) is 18.3. The van der Waals surface area contributed by atoms with E-state index in [1.54, 1.807) is 0 Å². The zero-order valence-corrected chi connectivity index (χ0v) is 13.4. The number of carbonyl (C=O) groups excluding carboxylic acids is 1. The van der Waals surface area contributed by atoms with Gasteiger partial charge in [-0.1, -0.05) is 49.6 Å². The van der Waals surface area contributed by atoms with E-state index in [-0.39, 0.29) is 11.8 Å². The summed E-state index contributed by atoms with van der Waals surface area (Å²) >= 11 is 0. The predicted octanol–water partition coefficient (Wildman–Crippen LogP) is 4.63. The minimum absolute atomic E-state index is 0.219. The quantitative estimate of drug-likeness (QED) is 0.845. The van der Waals surface area contributed by atoms with Crippen molar-refractivity contribution in [3.8, 4) is 0 Å². The average molecular weight is 308 g/mol. The van der Waals surface area contributed by atoms with Gasteiger partial charge in [0.05, 0.1) is 0 Å². The van der Waals surface area contributed by atoms with Gasteiger partial charge in [0.1, 0.15) is 0 Å². The molecule has 1 aliphatic rings. The maximum atomic E-state index is 12.2. The lowest BCUT2D eigenvalue weighted by Crippen LogP contribution is -2.31. The van der Waals surface area contributed by atoms with E-state index >= 15 is 0 Å². The molecule has 0 heterocycles. The Bertz CT molecular complexity index is 616. The Kier molecular flexibility index (Phi) is 5.30. The first-order valence-electron chi connectivity index (χ1n) is 8.50. The zero-order chi connectivity index (χ0) is 15.9. The van der Waals surface area contributed by atoms with E-state index in [2.05, 4.69) is 34.9 Å². The lowest BCUT2D eigenvalue weighted by Gasteiger charge is -2.20. The molecule has 0 spiro atoms. The fourth-order valence-corrected chi connectivity index (χ4v) is 3.09. The molecule has 0 atom stereocenters. The summed E-state index contributed by atoms with van der Waals surface area (Å²) in [6.07, 6.45) is 5.76. The highest BCUT2D eigenvalue weighted by molar-refractivity contribution is 5.78. The fourth-order valence-electron chi connectivity index (χ4n) is 3.09. The maximum absolute atomic E-state index is 12.2. The van der Waals surface area contributed by atoms with E-state index in [1.165, 1.54) is 19.3 Å². The van der Waals surface area contributed by atoms with Gasteiger partial charge in [-0.2, -0.15) is 0 Å². The van der Waals surface area contributed by atoms with Crippen LogP contribution in [0.5, 0.6) is 0 Å². The number of benzene rings is 2. The number of carbonyl (C=O) groups is 1. The number of anilines is 2. The Hall–Kier alpha value is -2.29. The van der Waals surface area contributed by atoms with Gasteiger partial charge in [0, 0.05) is 23.8 Å². The van der Waals surface area contributed by atoms with Crippen molar-refractivity contribution in [3.63, 3.8) is 0 Å². The summed E-state index contributed by atoms with van der Waals surface area (Å²) in [7, 11) is 0. The molecule has 0 aliphatic heterocycles. The second-order valence-corrected chi connectivity index (χ2v) is 6.24. The van der Waals surface area contributed by atoms with Crippen molar-refractivity contribution < 1.29 is 4.79 Å². The highest BCUT2D eigenvalue weighted by Gasteiger charge is 2.20. The van der Waals surface area contributed by atoms with Gasteiger partial charge in [0.25, 0.3) is 0 Å². The first-order chi connectivity index (χ1) is 11.3. The van der Waals surface area contributed by atoms with Gasteiger partial charge in [-0.25, -0.2) is 0 Å². The lowest BCUT2D eigenvalue weighted by atomic mass is 9.88. The first-order valence-corrected chi connectivity index (χ1v) is 8.50. The van der Waals surface area contributed by atoms with Crippen LogP contribution in [0.1, 0.15) is 37.7 Å². The highest BCUT2D eigenvalue weighted by atomic mass is 16.1. The molecule has 1 aliphatic carbocycles. The first kappa shape index (κ1) is 15.6. The van der Waals surface area contributed by atoms with Gasteiger partial charge in [-0.15, -0.1) is 0 Å². The third-order valence-electron chi connectivity index (χ3n) is 4.46. The highest BCUT2D eigenvalue weighted by Crippen LogP contribution is 2.23. The van der Waals surface area contributed by atoms with Crippen molar-refractivity contribution in [2.75, 3.05) is 5.32 Å². The average Bonchev–Trinajstić information content (AvgIpc) is 2.62. The summed E-state index contributed by atoms with van der Waals surface area (Å²) in [6.45, 7) is 0.612. The molecule has 3 nitrogen and oxygen atoms in total. The Morgan fingerprint density at radius 1 is 0.870 bits per heavy atom. The molecular weight excluding hydrogens is 284 g/mol. The molecule has 0 radical (unpaired) electrons. The third kappa shape index (κ3) is 4.59. The standard InChI is InChI=1S/C20H24N2O/c23-20(17-7-3-1-4-8-17)21-15-16-11-13-19(14-12-16)22-18-9-5-2-6-10-18/h2,5-6,9-14,17,22H,1,3-4,7-8,15H2,(H,21,23). The molecule has 120 valence electrons. The normalized spacial score (nSPS) is 15.1. The SMILES string of the molecule is O=C(NCc1ccc(Nc2ccccc2)cc1)C1CCCCC1. The zero-order valence-electron chi connectivity index (χ0n) is 13.4. The van der Waals surface area contributed by atoms with Crippen LogP contribution in [0, 0.1) is 5.92 Å². The van der Waals surface area contributed by atoms with Crippen LogP contribution < -0.4 is 10.6 Å². The monoisotopic (exact) mass is 308 g/mol. The van der Waals surface area contributed by atoms with Gasteiger partial charge < -0.3 is 10.6 Å². The van der Waals surface area contributed by atoms with Crippen molar-refractivity contribution in [1.82, 2.24) is 5.32 Å². The van der Waals surface area contributed by atoms with E-state index in [1.807, 2.05) is 30.3 Å². The number of para-hydroxylation sites is 1. The molecule has 3 heteroatoms. The Morgan fingerprint density at radius 2 is 1.52 bits per heavy atom. The van der Waals surface area contributed by atoms with Crippen molar-refractivity contribution in [3.05, 3.63) is 60.2 Å². The molecule has 1 amide bonds. The number of nitrogens with one attached hydrogen (secondary N) is 2. The van der Waals surface area contributed by atoms with E-state index in [9.17, 15) is 4.79 Å². The van der Waals surface area contributed by atoms with Crippen LogP contribution in [0.2, 0.25) is 0 Å². The Labute approximate surface area is 138 Å². The molecule has 1 saturated carbocycles. The summed E-state index contributed by atoms with van der Waals surface area (Å²) in [5.41, 5.74) is 3.26. The Morgan fingerprint density at radius 3 is 2.22 bits per heavy atom. The summed E-state index contributed by atoms with van der Waals surface area (Å²) in [5, 5.41) is 6.44. The van der Waals surface area contributed by atoms with Crippen LogP contribution in [0.3, 0.4) is 0 Å². The molecule has 0 unspecified atom stereocenters.